The van der Waals surface area contributed by atoms with Gasteiger partial charge < -0.3 is 19.4 Å². The smallest absolute Gasteiger partial charge is 0.235 e. The van der Waals surface area contributed by atoms with Crippen LogP contribution in [0.4, 0.5) is 0 Å². The van der Waals surface area contributed by atoms with E-state index in [2.05, 4.69) is 4.90 Å². The Morgan fingerprint density at radius 3 is 2.43 bits per heavy atom. The largest absolute Gasteiger partial charge is 0.504 e. The first-order valence-electron chi connectivity index (χ1n) is 9.46. The second kappa shape index (κ2) is 7.56. The molecule has 2 N–H and O–H groups in total. The molecule has 1 aromatic heterocycles. The number of phenols is 1. The number of methoxy groups -OCH3 is 1. The van der Waals surface area contributed by atoms with Gasteiger partial charge in [-0.25, -0.2) is 0 Å². The number of ether oxygens (including phenoxy) is 1. The number of benzene rings is 2. The summed E-state index contributed by atoms with van der Waals surface area (Å²) in [5.74, 6) is -0.459. The van der Waals surface area contributed by atoms with Crippen molar-refractivity contribution in [2.24, 2.45) is 0 Å². The van der Waals surface area contributed by atoms with Gasteiger partial charge in [-0.15, -0.1) is 0 Å². The van der Waals surface area contributed by atoms with Gasteiger partial charge in [0, 0.05) is 12.1 Å². The molecule has 0 amide bonds. The van der Waals surface area contributed by atoms with Gasteiger partial charge in [0.15, 0.2) is 17.1 Å². The molecule has 1 fully saturated rings. The molecule has 6 nitrogen and oxygen atoms in total. The molecule has 3 aromatic rings. The lowest BCUT2D eigenvalue weighted by Crippen LogP contribution is -2.28. The van der Waals surface area contributed by atoms with Crippen LogP contribution in [0.5, 0.6) is 17.2 Å². The van der Waals surface area contributed by atoms with Crippen LogP contribution in [0.3, 0.4) is 0 Å². The van der Waals surface area contributed by atoms with Crippen LogP contribution in [-0.2, 0) is 6.54 Å². The van der Waals surface area contributed by atoms with Crippen LogP contribution in [0.2, 0.25) is 0 Å². The highest BCUT2D eigenvalue weighted by atomic mass is 16.5. The molecule has 2 heterocycles. The normalized spacial score (nSPS) is 15.0. The third-order valence-electron chi connectivity index (χ3n) is 5.25. The van der Waals surface area contributed by atoms with Crippen molar-refractivity contribution >= 4 is 11.0 Å². The zero-order valence-corrected chi connectivity index (χ0v) is 15.8. The summed E-state index contributed by atoms with van der Waals surface area (Å²) in [6.07, 6.45) is 3.78. The van der Waals surface area contributed by atoms with Crippen LogP contribution in [-0.4, -0.2) is 35.3 Å². The first-order chi connectivity index (χ1) is 13.6. The summed E-state index contributed by atoms with van der Waals surface area (Å²) in [5, 5.41) is 20.5. The van der Waals surface area contributed by atoms with Gasteiger partial charge in [-0.1, -0.05) is 30.7 Å². The van der Waals surface area contributed by atoms with Crippen molar-refractivity contribution in [3.8, 4) is 28.6 Å². The summed E-state index contributed by atoms with van der Waals surface area (Å²) in [5.41, 5.74) is 1.30. The molecule has 146 valence electrons. The monoisotopic (exact) mass is 381 g/mol. The fraction of sp³-hybridized carbons (Fsp3) is 0.318. The summed E-state index contributed by atoms with van der Waals surface area (Å²) in [4.78, 5) is 15.0. The van der Waals surface area contributed by atoms with Gasteiger partial charge >= 0.3 is 0 Å². The Morgan fingerprint density at radius 2 is 1.75 bits per heavy atom. The predicted octanol–water partition coefficient (Wildman–Crippen LogP) is 3.87. The highest BCUT2D eigenvalue weighted by molar-refractivity contribution is 5.88. The van der Waals surface area contributed by atoms with Crippen LogP contribution in [0.1, 0.15) is 24.8 Å². The molecule has 0 bridgehead atoms. The Balaban J connectivity index is 1.72. The standard InChI is InChI=1S/C22H23NO5/c1-27-22-17(24)10-9-16-18(25)19(26)20(28-21(16)22)15-7-5-14(6-8-15)13-23-11-3-2-4-12-23/h5-10,24,26H,2-4,11-13H2,1H3. The van der Waals surface area contributed by atoms with Crippen molar-refractivity contribution < 1.29 is 19.4 Å². The zero-order valence-electron chi connectivity index (χ0n) is 15.8. The maximum atomic E-state index is 12.6. The molecule has 6 heteroatoms. The van der Waals surface area contributed by atoms with Gasteiger partial charge in [0.25, 0.3) is 0 Å². The van der Waals surface area contributed by atoms with Crippen LogP contribution in [0, 0.1) is 0 Å². The molecule has 1 saturated heterocycles. The molecule has 1 aliphatic rings. The second-order valence-electron chi connectivity index (χ2n) is 7.14. The first kappa shape index (κ1) is 18.4. The quantitative estimate of drug-likeness (QED) is 0.714. The Bertz CT molecular complexity index is 1050. The van der Waals surface area contributed by atoms with Crippen molar-refractivity contribution in [3.63, 3.8) is 0 Å². The molecule has 4 rings (SSSR count). The van der Waals surface area contributed by atoms with Gasteiger partial charge in [-0.3, -0.25) is 9.69 Å². The van der Waals surface area contributed by atoms with Crippen molar-refractivity contribution in [2.45, 2.75) is 25.8 Å². The fourth-order valence-corrected chi connectivity index (χ4v) is 3.74. The number of nitrogens with zero attached hydrogens (tertiary/aromatic N) is 1. The zero-order chi connectivity index (χ0) is 19.7. The Hall–Kier alpha value is -2.99. The Labute approximate surface area is 162 Å². The van der Waals surface area contributed by atoms with Crippen LogP contribution in [0.25, 0.3) is 22.3 Å². The third-order valence-corrected chi connectivity index (χ3v) is 5.25. The maximum Gasteiger partial charge on any atom is 0.235 e. The van der Waals surface area contributed by atoms with E-state index in [4.69, 9.17) is 9.15 Å². The van der Waals surface area contributed by atoms with E-state index >= 15 is 0 Å². The topological polar surface area (TPSA) is 83.1 Å². The molecule has 28 heavy (non-hydrogen) atoms. The minimum absolute atomic E-state index is 0.0610. The lowest BCUT2D eigenvalue weighted by molar-refractivity contribution is 0.221. The number of rotatable bonds is 4. The van der Waals surface area contributed by atoms with E-state index in [1.165, 1.54) is 44.1 Å². The van der Waals surface area contributed by atoms with E-state index in [-0.39, 0.29) is 28.2 Å². The maximum absolute atomic E-state index is 12.6. The number of piperidine rings is 1. The van der Waals surface area contributed by atoms with Gasteiger partial charge in [0.2, 0.25) is 16.9 Å². The van der Waals surface area contributed by atoms with E-state index in [0.717, 1.165) is 19.6 Å². The van der Waals surface area contributed by atoms with Crippen molar-refractivity contribution in [3.05, 3.63) is 52.2 Å². The fourth-order valence-electron chi connectivity index (χ4n) is 3.74. The Morgan fingerprint density at radius 1 is 1.04 bits per heavy atom. The number of phenolic OH excluding ortho intramolecular Hbond substituents is 1. The number of hydrogen-bond donors (Lipinski definition) is 2. The summed E-state index contributed by atoms with van der Waals surface area (Å²) >= 11 is 0. The highest BCUT2D eigenvalue weighted by Crippen LogP contribution is 2.38. The lowest BCUT2D eigenvalue weighted by atomic mass is 10.1. The average Bonchev–Trinajstić information content (AvgIpc) is 2.72. The molecular formula is C22H23NO5. The molecule has 2 aromatic carbocycles. The van der Waals surface area contributed by atoms with E-state index < -0.39 is 11.2 Å². The second-order valence-corrected chi connectivity index (χ2v) is 7.14. The molecule has 1 aliphatic heterocycles. The molecule has 0 spiro atoms. The van der Waals surface area contributed by atoms with Crippen molar-refractivity contribution in [1.29, 1.82) is 0 Å². The molecule has 0 unspecified atom stereocenters. The van der Waals surface area contributed by atoms with Gasteiger partial charge in [0.1, 0.15) is 0 Å². The summed E-state index contributed by atoms with van der Waals surface area (Å²) in [6, 6.07) is 10.4. The van der Waals surface area contributed by atoms with E-state index in [1.54, 1.807) is 0 Å². The van der Waals surface area contributed by atoms with Crippen LogP contribution in [0.15, 0.2) is 45.6 Å². The number of likely N-dealkylation sites (tertiary alicyclic amines) is 1. The first-order valence-corrected chi connectivity index (χ1v) is 9.46. The van der Waals surface area contributed by atoms with Gasteiger partial charge in [-0.05, 0) is 43.6 Å². The Kier molecular flexibility index (Phi) is 4.96. The number of aromatic hydroxyl groups is 2. The summed E-state index contributed by atoms with van der Waals surface area (Å²) in [7, 11) is 1.39. The summed E-state index contributed by atoms with van der Waals surface area (Å²) < 4.78 is 11.0. The predicted molar refractivity (Wildman–Crippen MR) is 107 cm³/mol. The third kappa shape index (κ3) is 3.31. The minimum atomic E-state index is -0.563. The number of fused-ring (bicyclic) bond motifs is 1. The van der Waals surface area contributed by atoms with E-state index in [1.807, 2.05) is 24.3 Å². The molecule has 0 atom stereocenters. The molecule has 0 saturated carbocycles. The number of hydrogen-bond acceptors (Lipinski definition) is 6. The van der Waals surface area contributed by atoms with Crippen LogP contribution >= 0.6 is 0 Å². The molecule has 0 aliphatic carbocycles. The summed E-state index contributed by atoms with van der Waals surface area (Å²) in [6.45, 7) is 3.12. The average molecular weight is 381 g/mol. The molecule has 0 radical (unpaired) electrons. The highest BCUT2D eigenvalue weighted by Gasteiger charge is 2.20. The van der Waals surface area contributed by atoms with E-state index in [9.17, 15) is 15.0 Å². The lowest BCUT2D eigenvalue weighted by Gasteiger charge is -2.26. The van der Waals surface area contributed by atoms with Gasteiger partial charge in [-0.2, -0.15) is 0 Å². The molecular weight excluding hydrogens is 358 g/mol. The minimum Gasteiger partial charge on any atom is -0.504 e. The van der Waals surface area contributed by atoms with Crippen molar-refractivity contribution in [2.75, 3.05) is 20.2 Å². The SMILES string of the molecule is COc1c(O)ccc2c(=O)c(O)c(-c3ccc(CN4CCCCC4)cc3)oc12. The van der Waals surface area contributed by atoms with E-state index in [0.29, 0.717) is 5.56 Å². The van der Waals surface area contributed by atoms with Crippen LogP contribution < -0.4 is 10.2 Å². The van der Waals surface area contributed by atoms with Crippen molar-refractivity contribution in [1.82, 2.24) is 4.90 Å². The van der Waals surface area contributed by atoms with Gasteiger partial charge in [0.05, 0.1) is 12.5 Å².